The van der Waals surface area contributed by atoms with Gasteiger partial charge >= 0.3 is 18.3 Å². The molecule has 0 spiro atoms. The third-order valence-electron chi connectivity index (χ3n) is 13.7. The Morgan fingerprint density at radius 1 is 0.563 bits per heavy atom. The van der Waals surface area contributed by atoms with Gasteiger partial charge < -0.3 is 34.8 Å². The van der Waals surface area contributed by atoms with Crippen molar-refractivity contribution < 1.29 is 60.1 Å². The van der Waals surface area contributed by atoms with Crippen LogP contribution in [0.5, 0.6) is 11.5 Å². The fraction of sp³-hybridized carbons (Fsp3) is 0.175. The number of halogens is 8. The Morgan fingerprint density at radius 3 is 1.41 bits per heavy atom. The zero-order chi connectivity index (χ0) is 63.1. The van der Waals surface area contributed by atoms with Crippen LogP contribution < -0.4 is 26.3 Å². The normalized spacial score (nSPS) is 12.1. The van der Waals surface area contributed by atoms with Crippen molar-refractivity contribution in [2.45, 2.75) is 57.5 Å². The Labute approximate surface area is 500 Å². The Kier molecular flexibility index (Phi) is 19.4. The van der Waals surface area contributed by atoms with Gasteiger partial charge in [-0.05, 0) is 108 Å². The Hall–Kier alpha value is -9.80. The lowest BCUT2D eigenvalue weighted by molar-refractivity contribution is -0.144. The first kappa shape index (κ1) is 63.2. The Balaban J connectivity index is 0.000000192. The molecule has 0 aliphatic heterocycles. The minimum absolute atomic E-state index is 0.117. The third-order valence-corrected chi connectivity index (χ3v) is 14.1. The van der Waals surface area contributed by atoms with Gasteiger partial charge in [-0.3, -0.25) is 28.5 Å². The van der Waals surface area contributed by atoms with Crippen LogP contribution in [0, 0.1) is 0 Å². The number of alkyl halides is 6. The molecule has 0 saturated carbocycles. The van der Waals surface area contributed by atoms with Gasteiger partial charge in [-0.2, -0.15) is 26.3 Å². The number of Topliss-reactive ketones (excluding diaryl/α,β-unsaturated/α-hetero) is 3. The molecule has 0 fully saturated rings. The number of rotatable bonds is 16. The number of aliphatic carboxylic acids is 1. The van der Waals surface area contributed by atoms with E-state index in [1.807, 2.05) is 48.5 Å². The van der Waals surface area contributed by atoms with Crippen LogP contribution in [0.2, 0.25) is 10.0 Å². The number of carboxylic acids is 1. The average Bonchev–Trinajstić information content (AvgIpc) is 2.52. The quantitative estimate of drug-likeness (QED) is 0.0402. The number of benzene rings is 6. The zero-order valence-corrected chi connectivity index (χ0v) is 47.9. The Morgan fingerprint density at radius 2 is 0.989 bits per heavy atom. The number of anilines is 1. The maximum atomic E-state index is 13.8. The molecule has 10 aromatic rings. The van der Waals surface area contributed by atoms with Gasteiger partial charge in [0.05, 0.1) is 54.7 Å². The van der Waals surface area contributed by atoms with Crippen molar-refractivity contribution in [3.63, 3.8) is 0 Å². The molecule has 0 saturated heterocycles. The van der Waals surface area contributed by atoms with Gasteiger partial charge in [0.15, 0.2) is 17.3 Å². The number of nitrogen functional groups attached to an aromatic ring is 1. The zero-order valence-electron chi connectivity index (χ0n) is 46.4. The largest absolute Gasteiger partial charge is 0.495 e. The smallest absolute Gasteiger partial charge is 0.449 e. The molecule has 5 N–H and O–H groups in total. The first-order chi connectivity index (χ1) is 41.2. The number of hydrogen-bond donors (Lipinski definition) is 4. The molecule has 0 aliphatic rings. The summed E-state index contributed by atoms with van der Waals surface area (Å²) in [4.78, 5) is 88.1. The number of aromatic nitrogens is 6. The topological polar surface area (TPSA) is 234 Å². The summed E-state index contributed by atoms with van der Waals surface area (Å²) in [6.07, 6.45) is -6.15. The van der Waals surface area contributed by atoms with Crippen molar-refractivity contribution in [3.8, 4) is 33.8 Å². The number of hydrogen-bond acceptors (Lipinski definition) is 11. The SMILES string of the molecule is COc1cn(C(Cc2ccccc2)C(=O)Cc2ccc3nc(C(F)(F)F)[nH]c3c2)c(=O)cc1-c1cc(Cl)ccc1C(C)=O.COc1cn(C(Cc2ccccc2)C(=O)O)c(=O)cc1-c1cc(Cl)ccc1C(C)=O.Nc1ccc2nc(C(F)(F)F)[nH]c2c1. The van der Waals surface area contributed by atoms with Crippen molar-refractivity contribution in [1.82, 2.24) is 29.1 Å². The van der Waals surface area contributed by atoms with Crippen molar-refractivity contribution in [2.24, 2.45) is 0 Å². The molecule has 2 unspecified atom stereocenters. The molecule has 4 heterocycles. The van der Waals surface area contributed by atoms with Gasteiger partial charge in [0.25, 0.3) is 11.1 Å². The number of methoxy groups -OCH3 is 2. The molecule has 448 valence electrons. The molecule has 0 aliphatic carbocycles. The number of nitrogens with two attached hydrogens (primary N) is 1. The van der Waals surface area contributed by atoms with Crippen LogP contribution in [0.15, 0.2) is 168 Å². The van der Waals surface area contributed by atoms with E-state index in [-0.39, 0.29) is 70.2 Å². The van der Waals surface area contributed by atoms with Crippen molar-refractivity contribution in [3.05, 3.63) is 228 Å². The number of imidazole rings is 2. The second kappa shape index (κ2) is 26.6. The fourth-order valence-electron chi connectivity index (χ4n) is 9.51. The third kappa shape index (κ3) is 15.2. The number of H-pyrrole nitrogens is 2. The predicted octanol–water partition coefficient (Wildman–Crippen LogP) is 13.3. The summed E-state index contributed by atoms with van der Waals surface area (Å²) in [6, 6.07) is 36.9. The summed E-state index contributed by atoms with van der Waals surface area (Å²) < 4.78 is 89.5. The number of carboxylic acid groups (broad SMARTS) is 1. The van der Waals surface area contributed by atoms with Crippen LogP contribution >= 0.6 is 23.2 Å². The number of ether oxygens (including phenoxy) is 2. The molecule has 0 bridgehead atoms. The van der Waals surface area contributed by atoms with Gasteiger partial charge in [-0.1, -0.05) is 89.9 Å². The maximum absolute atomic E-state index is 13.8. The second-order valence-corrected chi connectivity index (χ2v) is 20.6. The van der Waals surface area contributed by atoms with Gasteiger partial charge in [0.1, 0.15) is 17.5 Å². The van der Waals surface area contributed by atoms with E-state index >= 15 is 0 Å². The maximum Gasteiger partial charge on any atom is 0.449 e. The van der Waals surface area contributed by atoms with Crippen molar-refractivity contribution in [1.29, 1.82) is 0 Å². The monoisotopic (exact) mass is 1230 g/mol. The van der Waals surface area contributed by atoms with E-state index in [0.717, 1.165) is 15.7 Å². The number of nitrogens with one attached hydrogen (secondary N) is 2. The van der Waals surface area contributed by atoms with Gasteiger partial charge in [-0.15, -0.1) is 0 Å². The highest BCUT2D eigenvalue weighted by Gasteiger charge is 2.36. The van der Waals surface area contributed by atoms with E-state index in [0.29, 0.717) is 54.7 Å². The summed E-state index contributed by atoms with van der Waals surface area (Å²) in [6.45, 7) is 2.82. The second-order valence-electron chi connectivity index (χ2n) is 19.7. The lowest BCUT2D eigenvalue weighted by Crippen LogP contribution is -2.32. The number of aromatic amines is 2. The summed E-state index contributed by atoms with van der Waals surface area (Å²) in [5.41, 5.74) is 9.92. The van der Waals surface area contributed by atoms with Crippen LogP contribution in [-0.4, -0.2) is 71.7 Å². The van der Waals surface area contributed by atoms with Crippen LogP contribution in [0.4, 0.5) is 32.0 Å². The number of pyridine rings is 2. The highest BCUT2D eigenvalue weighted by atomic mass is 35.5. The van der Waals surface area contributed by atoms with Gasteiger partial charge in [0.2, 0.25) is 11.6 Å². The highest BCUT2D eigenvalue weighted by Crippen LogP contribution is 2.37. The minimum atomic E-state index is -4.64. The lowest BCUT2D eigenvalue weighted by Gasteiger charge is -2.21. The molecule has 87 heavy (non-hydrogen) atoms. The molecule has 10 rings (SSSR count). The minimum Gasteiger partial charge on any atom is -0.495 e. The molecule has 16 nitrogen and oxygen atoms in total. The highest BCUT2D eigenvalue weighted by molar-refractivity contribution is 6.31. The standard InChI is InChI=1S/C32H25ClF3N3O4.C23H20ClNO5.C8H6F3N3/c1-18(40)22-10-9-21(33)15-23(22)24-16-30(42)39(17-29(24)43-2)27(13-19-6-4-3-5-7-19)28(41)14-20-8-11-25-26(12-20)38-31(37-25)32(34,35)36;1-14(26)17-9-8-16(24)11-18(17)19-12-22(27)25(13-21(19)30-2)20(23(28)29)10-15-6-4-3-5-7-15;9-8(10,11)7-13-5-2-1-4(12)3-6(5)14-7/h3-12,15-17,27H,13-14H2,1-2H3,(H,37,38);3-9,11-13,20H,10H2,1-2H3,(H,28,29);1-3H,12H2,(H,13,14). The van der Waals surface area contributed by atoms with Gasteiger partial charge in [-0.25, -0.2) is 14.8 Å². The van der Waals surface area contributed by atoms with Crippen LogP contribution in [0.1, 0.15) is 75.0 Å². The summed E-state index contributed by atoms with van der Waals surface area (Å²) in [5.74, 6) is -3.53. The molecular weight excluding hydrogens is 1180 g/mol. The fourth-order valence-corrected chi connectivity index (χ4v) is 9.86. The van der Waals surface area contributed by atoms with E-state index in [2.05, 4.69) is 19.9 Å². The van der Waals surface area contributed by atoms with E-state index in [9.17, 15) is 60.2 Å². The van der Waals surface area contributed by atoms with E-state index < -0.39 is 53.2 Å². The van der Waals surface area contributed by atoms with Crippen LogP contribution in [-0.2, 0) is 41.2 Å². The first-order valence-electron chi connectivity index (χ1n) is 26.2. The van der Waals surface area contributed by atoms with Crippen molar-refractivity contribution >= 4 is 74.3 Å². The number of ketones is 3. The predicted molar refractivity (Wildman–Crippen MR) is 317 cm³/mol. The van der Waals surface area contributed by atoms with Gasteiger partial charge in [0, 0.05) is 69.4 Å². The molecule has 0 radical (unpaired) electrons. The molecule has 4 aromatic heterocycles. The van der Waals surface area contributed by atoms with E-state index in [1.165, 1.54) is 93.6 Å². The summed E-state index contributed by atoms with van der Waals surface area (Å²) >= 11 is 12.3. The van der Waals surface area contributed by atoms with E-state index in [1.54, 1.807) is 48.5 Å². The first-order valence-corrected chi connectivity index (χ1v) is 26.9. The van der Waals surface area contributed by atoms with Crippen LogP contribution in [0.25, 0.3) is 44.3 Å². The van der Waals surface area contributed by atoms with Crippen LogP contribution in [0.3, 0.4) is 0 Å². The number of carbonyl (C=O) groups is 4. The summed E-state index contributed by atoms with van der Waals surface area (Å²) in [7, 11) is 2.83. The molecular formula is C63H51Cl2F6N7O9. The number of fused-ring (bicyclic) bond motifs is 2. The van der Waals surface area contributed by atoms with E-state index in [4.69, 9.17) is 38.4 Å². The lowest BCUT2D eigenvalue weighted by atomic mass is 9.95. The molecule has 2 atom stereocenters. The number of carbonyl (C=O) groups excluding carboxylic acids is 3. The van der Waals surface area contributed by atoms with Crippen molar-refractivity contribution in [2.75, 3.05) is 20.0 Å². The molecule has 0 amide bonds. The Bertz CT molecular complexity index is 4340. The number of nitrogens with zero attached hydrogens (tertiary/aromatic N) is 4. The molecule has 24 heteroatoms. The molecule has 6 aromatic carbocycles. The average molecular weight is 1240 g/mol. The summed E-state index contributed by atoms with van der Waals surface area (Å²) in [5, 5.41) is 10.5.